The summed E-state index contributed by atoms with van der Waals surface area (Å²) in [5.41, 5.74) is 5.40. The van der Waals surface area contributed by atoms with Crippen LogP contribution in [0.4, 0.5) is 5.69 Å². The number of fused-ring (bicyclic) bond motifs is 3. The molecule has 0 saturated carbocycles. The van der Waals surface area contributed by atoms with Gasteiger partial charge in [0.25, 0.3) is 0 Å². The van der Waals surface area contributed by atoms with Crippen molar-refractivity contribution in [1.29, 1.82) is 0 Å². The molecule has 1 fully saturated rings. The normalized spacial score (nSPS) is 16.9. The number of piperidine rings is 1. The summed E-state index contributed by atoms with van der Waals surface area (Å²) in [4.78, 5) is 3.42. The highest BCUT2D eigenvalue weighted by atomic mass is 15.3. The molecule has 1 aliphatic heterocycles. The van der Waals surface area contributed by atoms with E-state index >= 15 is 0 Å². The predicted molar refractivity (Wildman–Crippen MR) is 83.8 cm³/mol. The van der Waals surface area contributed by atoms with Crippen molar-refractivity contribution in [3.8, 4) is 0 Å². The van der Waals surface area contributed by atoms with Gasteiger partial charge >= 0.3 is 0 Å². The summed E-state index contributed by atoms with van der Waals surface area (Å²) in [5.74, 6) is 0.919. The number of nitrogens with zero attached hydrogens (tertiary/aromatic N) is 3. The van der Waals surface area contributed by atoms with Crippen LogP contribution in [0.1, 0.15) is 24.4 Å². The lowest BCUT2D eigenvalue weighted by atomic mass is 10.1. The number of aryl methyl sites for hydroxylation is 2. The van der Waals surface area contributed by atoms with Crippen molar-refractivity contribution in [3.63, 3.8) is 0 Å². The Labute approximate surface area is 122 Å². The smallest absolute Gasteiger partial charge is 0.184 e. The molecule has 4 heterocycles. The number of hydrogen-bond donors (Lipinski definition) is 3. The second-order valence-corrected chi connectivity index (χ2v) is 5.88. The standard InChI is InChI=1S/C15H20N6/c1-9-7-14-12(17-9)8-13(15-20-19-10(2)21(14)15)18-11-3-5-16-6-4-11/h7-8,11,16-18H,3-6H2,1-2H3. The number of hydrogen-bond acceptors (Lipinski definition) is 4. The van der Waals surface area contributed by atoms with Crippen LogP contribution in [-0.4, -0.2) is 38.7 Å². The van der Waals surface area contributed by atoms with E-state index in [-0.39, 0.29) is 0 Å². The molecule has 21 heavy (non-hydrogen) atoms. The molecule has 0 unspecified atom stereocenters. The third-order valence-corrected chi connectivity index (χ3v) is 4.26. The topological polar surface area (TPSA) is 70.0 Å². The van der Waals surface area contributed by atoms with E-state index in [4.69, 9.17) is 0 Å². The molecule has 0 aromatic carbocycles. The Hall–Kier alpha value is -2.08. The molecule has 0 aliphatic carbocycles. The fraction of sp³-hybridized carbons (Fsp3) is 0.467. The van der Waals surface area contributed by atoms with Crippen molar-refractivity contribution in [3.05, 3.63) is 23.7 Å². The van der Waals surface area contributed by atoms with Gasteiger partial charge in [0, 0.05) is 11.7 Å². The minimum absolute atomic E-state index is 0.501. The number of nitrogens with one attached hydrogen (secondary N) is 3. The van der Waals surface area contributed by atoms with E-state index < -0.39 is 0 Å². The average molecular weight is 284 g/mol. The van der Waals surface area contributed by atoms with Crippen LogP contribution in [0.2, 0.25) is 0 Å². The largest absolute Gasteiger partial charge is 0.379 e. The highest BCUT2D eigenvalue weighted by Gasteiger charge is 2.17. The molecule has 3 aromatic rings. The first kappa shape index (κ1) is 12.6. The Morgan fingerprint density at radius 2 is 2.00 bits per heavy atom. The summed E-state index contributed by atoms with van der Waals surface area (Å²) in [6.45, 7) is 6.22. The molecule has 0 bridgehead atoms. The molecule has 3 aromatic heterocycles. The van der Waals surface area contributed by atoms with Crippen LogP contribution in [0.3, 0.4) is 0 Å². The van der Waals surface area contributed by atoms with Gasteiger partial charge in [0.15, 0.2) is 5.65 Å². The van der Waals surface area contributed by atoms with Crippen LogP contribution in [-0.2, 0) is 0 Å². The van der Waals surface area contributed by atoms with Crippen LogP contribution in [0.15, 0.2) is 12.1 Å². The number of rotatable bonds is 2. The Balaban J connectivity index is 1.85. The van der Waals surface area contributed by atoms with Gasteiger partial charge in [-0.15, -0.1) is 10.2 Å². The number of H-pyrrole nitrogens is 1. The molecule has 4 rings (SSSR count). The molecule has 0 spiro atoms. The van der Waals surface area contributed by atoms with Gasteiger partial charge in [0.05, 0.1) is 16.7 Å². The van der Waals surface area contributed by atoms with Gasteiger partial charge in [0.1, 0.15) is 5.82 Å². The Bertz CT molecular complexity index is 793. The monoisotopic (exact) mass is 284 g/mol. The minimum atomic E-state index is 0.501. The zero-order valence-electron chi connectivity index (χ0n) is 12.4. The quantitative estimate of drug-likeness (QED) is 0.673. The maximum absolute atomic E-state index is 4.36. The van der Waals surface area contributed by atoms with Gasteiger partial charge in [-0.2, -0.15) is 0 Å². The van der Waals surface area contributed by atoms with Crippen molar-refractivity contribution < 1.29 is 0 Å². The molecule has 0 amide bonds. The molecular weight excluding hydrogens is 264 g/mol. The van der Waals surface area contributed by atoms with Crippen LogP contribution >= 0.6 is 0 Å². The maximum Gasteiger partial charge on any atom is 0.184 e. The first-order valence-corrected chi connectivity index (χ1v) is 7.54. The van der Waals surface area contributed by atoms with E-state index in [1.165, 1.54) is 0 Å². The van der Waals surface area contributed by atoms with Gasteiger partial charge < -0.3 is 15.6 Å². The second-order valence-electron chi connectivity index (χ2n) is 5.88. The second kappa shape index (κ2) is 4.73. The number of pyridine rings is 1. The maximum atomic E-state index is 4.36. The van der Waals surface area contributed by atoms with E-state index in [0.29, 0.717) is 6.04 Å². The molecule has 6 nitrogen and oxygen atoms in total. The fourth-order valence-electron chi connectivity index (χ4n) is 3.22. The van der Waals surface area contributed by atoms with Crippen LogP contribution in [0.25, 0.3) is 16.7 Å². The van der Waals surface area contributed by atoms with Gasteiger partial charge in [-0.25, -0.2) is 0 Å². The van der Waals surface area contributed by atoms with E-state index in [2.05, 4.69) is 49.3 Å². The minimum Gasteiger partial charge on any atom is -0.379 e. The van der Waals surface area contributed by atoms with Crippen LogP contribution in [0.5, 0.6) is 0 Å². The van der Waals surface area contributed by atoms with Gasteiger partial charge in [-0.3, -0.25) is 4.40 Å². The Kier molecular flexibility index (Phi) is 2.85. The van der Waals surface area contributed by atoms with E-state index in [0.717, 1.165) is 59.8 Å². The zero-order valence-corrected chi connectivity index (χ0v) is 12.4. The van der Waals surface area contributed by atoms with Crippen molar-refractivity contribution in [2.75, 3.05) is 18.4 Å². The molecule has 0 radical (unpaired) electrons. The fourth-order valence-corrected chi connectivity index (χ4v) is 3.22. The summed E-state index contributed by atoms with van der Waals surface area (Å²) >= 11 is 0. The Morgan fingerprint density at radius 1 is 1.19 bits per heavy atom. The lowest BCUT2D eigenvalue weighted by Crippen LogP contribution is -2.35. The van der Waals surface area contributed by atoms with E-state index in [9.17, 15) is 0 Å². The lowest BCUT2D eigenvalue weighted by molar-refractivity contribution is 0.479. The number of aromatic amines is 1. The molecule has 1 aliphatic rings. The molecule has 6 heteroatoms. The summed E-state index contributed by atoms with van der Waals surface area (Å²) in [6, 6.07) is 4.81. The number of aromatic nitrogens is 4. The highest BCUT2D eigenvalue weighted by Crippen LogP contribution is 2.26. The predicted octanol–water partition coefficient (Wildman–Crippen LogP) is 1.99. The lowest BCUT2D eigenvalue weighted by Gasteiger charge is -2.24. The summed E-state index contributed by atoms with van der Waals surface area (Å²) in [5, 5.41) is 15.7. The van der Waals surface area contributed by atoms with Gasteiger partial charge in [-0.05, 0) is 51.9 Å². The van der Waals surface area contributed by atoms with Crippen molar-refractivity contribution >= 4 is 22.4 Å². The zero-order chi connectivity index (χ0) is 14.4. The van der Waals surface area contributed by atoms with Gasteiger partial charge in [0.2, 0.25) is 0 Å². The van der Waals surface area contributed by atoms with Crippen LogP contribution in [0, 0.1) is 13.8 Å². The molecule has 3 N–H and O–H groups in total. The third kappa shape index (κ3) is 2.06. The van der Waals surface area contributed by atoms with E-state index in [1.807, 2.05) is 6.92 Å². The third-order valence-electron chi connectivity index (χ3n) is 4.26. The molecule has 0 atom stereocenters. The average Bonchev–Trinajstić information content (AvgIpc) is 3.03. The first-order chi connectivity index (χ1) is 10.2. The van der Waals surface area contributed by atoms with Crippen LogP contribution < -0.4 is 10.6 Å². The summed E-state index contributed by atoms with van der Waals surface area (Å²) in [6.07, 6.45) is 2.28. The van der Waals surface area contributed by atoms with Gasteiger partial charge in [-0.1, -0.05) is 0 Å². The number of anilines is 1. The molecular formula is C15H20N6. The highest BCUT2D eigenvalue weighted by molar-refractivity contribution is 5.87. The summed E-state index contributed by atoms with van der Waals surface area (Å²) < 4.78 is 2.13. The molecule has 1 saturated heterocycles. The van der Waals surface area contributed by atoms with E-state index in [1.54, 1.807) is 0 Å². The van der Waals surface area contributed by atoms with Crippen molar-refractivity contribution in [1.82, 2.24) is 24.9 Å². The Morgan fingerprint density at radius 3 is 2.81 bits per heavy atom. The SMILES string of the molecule is Cc1cc2c(cc(NC3CCNCC3)c3nnc(C)n32)[nH]1. The first-order valence-electron chi connectivity index (χ1n) is 7.54. The van der Waals surface area contributed by atoms with Crippen molar-refractivity contribution in [2.45, 2.75) is 32.7 Å². The van der Waals surface area contributed by atoms with Crippen molar-refractivity contribution in [2.24, 2.45) is 0 Å². The molecule has 110 valence electrons. The summed E-state index contributed by atoms with van der Waals surface area (Å²) in [7, 11) is 0.